The highest BCUT2D eigenvalue weighted by atomic mass is 32.2. The summed E-state index contributed by atoms with van der Waals surface area (Å²) in [6.07, 6.45) is 8.92. The van der Waals surface area contributed by atoms with E-state index in [4.69, 9.17) is 0 Å². The van der Waals surface area contributed by atoms with E-state index < -0.39 is 10.1 Å². The molecule has 0 atom stereocenters. The van der Waals surface area contributed by atoms with Crippen LogP contribution in [0.3, 0.4) is 0 Å². The summed E-state index contributed by atoms with van der Waals surface area (Å²) in [6, 6.07) is 10.5. The van der Waals surface area contributed by atoms with Crippen molar-refractivity contribution in [1.82, 2.24) is 0 Å². The maximum Gasteiger partial charge on any atom is 0.0972 e. The topological polar surface area (TPSA) is 57.2 Å². The summed E-state index contributed by atoms with van der Waals surface area (Å²) in [7, 11) is 0.197. The van der Waals surface area contributed by atoms with Gasteiger partial charge in [0.2, 0.25) is 0 Å². The molecule has 0 unspecified atom stereocenters. The third kappa shape index (κ3) is 12.6. The lowest BCUT2D eigenvalue weighted by atomic mass is 10.0. The Morgan fingerprint density at radius 1 is 1.04 bits per heavy atom. The second kappa shape index (κ2) is 11.4. The van der Waals surface area contributed by atoms with Gasteiger partial charge in [0.05, 0.1) is 37.3 Å². The minimum Gasteiger partial charge on any atom is -0.748 e. The van der Waals surface area contributed by atoms with Gasteiger partial charge in [-0.05, 0) is 57.6 Å². The second-order valence-electron chi connectivity index (χ2n) is 8.11. The fraction of sp³-hybridized carbons (Fsp3) is 0.545. The van der Waals surface area contributed by atoms with Crippen LogP contribution in [-0.4, -0.2) is 50.4 Å². The minimum atomic E-state index is -4.08. The zero-order valence-electron chi connectivity index (χ0n) is 17.3. The first-order valence-corrected chi connectivity index (χ1v) is 11.3. The molecule has 0 heterocycles. The average Bonchev–Trinajstić information content (AvgIpc) is 2.57. The Hall–Kier alpha value is -1.43. The van der Waals surface area contributed by atoms with E-state index in [9.17, 15) is 13.0 Å². The molecule has 0 saturated carbocycles. The van der Waals surface area contributed by atoms with Crippen molar-refractivity contribution >= 4 is 10.1 Å². The first-order valence-electron chi connectivity index (χ1n) is 9.68. The van der Waals surface area contributed by atoms with Crippen molar-refractivity contribution in [3.63, 3.8) is 0 Å². The highest BCUT2D eigenvalue weighted by Gasteiger charge is 2.13. The Kier molecular flexibility index (Phi) is 9.99. The van der Waals surface area contributed by atoms with E-state index in [0.29, 0.717) is 6.42 Å². The molecule has 1 aromatic rings. The maximum absolute atomic E-state index is 10.6. The maximum atomic E-state index is 10.6. The molecule has 1 aromatic carbocycles. The summed E-state index contributed by atoms with van der Waals surface area (Å²) >= 11 is 0. The van der Waals surface area contributed by atoms with Crippen LogP contribution in [-0.2, 0) is 16.5 Å². The van der Waals surface area contributed by atoms with Crippen molar-refractivity contribution in [2.24, 2.45) is 0 Å². The van der Waals surface area contributed by atoms with Gasteiger partial charge in [-0.1, -0.05) is 47.6 Å². The molecule has 0 fully saturated rings. The number of hydrogen-bond donors (Lipinski definition) is 0. The number of nitrogens with zero attached hydrogens (tertiary/aromatic N) is 1. The molecule has 0 aliphatic carbocycles. The van der Waals surface area contributed by atoms with Gasteiger partial charge in [-0.15, -0.1) is 0 Å². The Morgan fingerprint density at radius 3 is 2.33 bits per heavy atom. The average molecular weight is 394 g/mol. The Bertz CT molecular complexity index is 719. The van der Waals surface area contributed by atoms with E-state index >= 15 is 0 Å². The van der Waals surface area contributed by atoms with Crippen LogP contribution in [0.15, 0.2) is 53.6 Å². The highest BCUT2D eigenvalue weighted by Crippen LogP contribution is 2.12. The van der Waals surface area contributed by atoms with Crippen molar-refractivity contribution in [3.8, 4) is 0 Å². The highest BCUT2D eigenvalue weighted by molar-refractivity contribution is 7.85. The lowest BCUT2D eigenvalue weighted by Crippen LogP contribution is -2.40. The molecule has 0 aliphatic heterocycles. The summed E-state index contributed by atoms with van der Waals surface area (Å²) in [4.78, 5) is 0. The van der Waals surface area contributed by atoms with Crippen molar-refractivity contribution in [2.75, 3.05) is 32.9 Å². The molecular weight excluding hydrogens is 358 g/mol. The van der Waals surface area contributed by atoms with E-state index in [1.165, 1.54) is 16.7 Å². The van der Waals surface area contributed by atoms with Gasteiger partial charge in [0.1, 0.15) is 0 Å². The zero-order valence-corrected chi connectivity index (χ0v) is 18.1. The van der Waals surface area contributed by atoms with Crippen LogP contribution in [0, 0.1) is 0 Å². The molecule has 152 valence electrons. The van der Waals surface area contributed by atoms with Gasteiger partial charge < -0.3 is 9.04 Å². The molecule has 0 spiro atoms. The molecular formula is C22H35NO3S. The van der Waals surface area contributed by atoms with Crippen molar-refractivity contribution in [1.29, 1.82) is 0 Å². The van der Waals surface area contributed by atoms with Gasteiger partial charge >= 0.3 is 0 Å². The van der Waals surface area contributed by atoms with Crippen LogP contribution >= 0.6 is 0 Å². The number of hydrogen-bond acceptors (Lipinski definition) is 3. The summed E-state index contributed by atoms with van der Waals surface area (Å²) in [5, 5.41) is 0. The molecule has 0 N–H and O–H groups in total. The smallest absolute Gasteiger partial charge is 0.0972 e. The molecule has 0 bridgehead atoms. The molecule has 0 aromatic heterocycles. The largest absolute Gasteiger partial charge is 0.748 e. The molecule has 0 amide bonds. The number of allylic oxidation sites excluding steroid dienone is 3. The van der Waals surface area contributed by atoms with Gasteiger partial charge in [0.25, 0.3) is 0 Å². The standard InChI is InChI=1S/C22H35NO3S/c1-20(11-10-12-21(2)19-22-13-6-5-7-14-22)15-17-23(3,4)16-8-9-18-27(24,25)26/h5-7,12-15H,8-11,16-19H2,1-4H3/b20-15+,21-12+. The van der Waals surface area contributed by atoms with Crippen molar-refractivity contribution < 1.29 is 17.5 Å². The number of likely N-dealkylation sites (N-methyl/N-ethyl adjacent to an activating group) is 1. The van der Waals surface area contributed by atoms with Crippen LogP contribution in [0.4, 0.5) is 0 Å². The lowest BCUT2D eigenvalue weighted by molar-refractivity contribution is -0.884. The SMILES string of the molecule is C/C(=C\C[N+](C)(C)CCCCS(=O)(=O)[O-])CC/C=C(\C)Cc1ccccc1. The summed E-state index contributed by atoms with van der Waals surface area (Å²) < 4.78 is 32.7. The van der Waals surface area contributed by atoms with Crippen LogP contribution in [0.25, 0.3) is 0 Å². The lowest BCUT2D eigenvalue weighted by Gasteiger charge is -2.29. The van der Waals surface area contributed by atoms with Crippen LogP contribution in [0.2, 0.25) is 0 Å². The van der Waals surface area contributed by atoms with E-state index in [-0.39, 0.29) is 5.75 Å². The van der Waals surface area contributed by atoms with Gasteiger partial charge in [-0.3, -0.25) is 0 Å². The molecule has 27 heavy (non-hydrogen) atoms. The third-order valence-corrected chi connectivity index (χ3v) is 5.49. The summed E-state index contributed by atoms with van der Waals surface area (Å²) in [6.45, 7) is 6.15. The number of rotatable bonds is 12. The van der Waals surface area contributed by atoms with Gasteiger partial charge in [0.15, 0.2) is 0 Å². The molecule has 1 rings (SSSR count). The molecule has 0 saturated heterocycles. The monoisotopic (exact) mass is 393 g/mol. The Morgan fingerprint density at radius 2 is 1.70 bits per heavy atom. The minimum absolute atomic E-state index is 0.253. The molecule has 0 radical (unpaired) electrons. The predicted molar refractivity (Wildman–Crippen MR) is 113 cm³/mol. The number of quaternary nitrogens is 1. The van der Waals surface area contributed by atoms with Gasteiger partial charge in [-0.25, -0.2) is 8.42 Å². The summed E-state index contributed by atoms with van der Waals surface area (Å²) in [5.41, 5.74) is 4.13. The first-order chi connectivity index (χ1) is 12.6. The van der Waals surface area contributed by atoms with Crippen LogP contribution < -0.4 is 0 Å². The van der Waals surface area contributed by atoms with Crippen LogP contribution in [0.5, 0.6) is 0 Å². The summed E-state index contributed by atoms with van der Waals surface area (Å²) in [5.74, 6) is -0.253. The van der Waals surface area contributed by atoms with E-state index in [1.54, 1.807) is 0 Å². The number of benzene rings is 1. The number of unbranched alkanes of at least 4 members (excludes halogenated alkanes) is 1. The first kappa shape index (κ1) is 23.6. The quantitative estimate of drug-likeness (QED) is 0.230. The van der Waals surface area contributed by atoms with Gasteiger partial charge in [0, 0.05) is 5.75 Å². The predicted octanol–water partition coefficient (Wildman–Crippen LogP) is 4.30. The van der Waals surface area contributed by atoms with Crippen LogP contribution in [0.1, 0.15) is 45.1 Å². The second-order valence-corrected chi connectivity index (χ2v) is 9.64. The van der Waals surface area contributed by atoms with E-state index in [0.717, 1.165) is 43.3 Å². The molecule has 4 nitrogen and oxygen atoms in total. The third-order valence-electron chi connectivity index (χ3n) is 4.70. The normalized spacial score (nSPS) is 13.8. The van der Waals surface area contributed by atoms with Crippen molar-refractivity contribution in [2.45, 2.75) is 46.0 Å². The fourth-order valence-corrected chi connectivity index (χ4v) is 3.51. The van der Waals surface area contributed by atoms with E-state index in [2.05, 4.69) is 64.4 Å². The molecule has 5 heteroatoms. The molecule has 0 aliphatic rings. The van der Waals surface area contributed by atoms with Gasteiger partial charge in [-0.2, -0.15) is 0 Å². The fourth-order valence-electron chi connectivity index (χ4n) is 2.95. The van der Waals surface area contributed by atoms with E-state index in [1.807, 2.05) is 6.07 Å². The van der Waals surface area contributed by atoms with Crippen molar-refractivity contribution in [3.05, 3.63) is 59.2 Å². The zero-order chi connectivity index (χ0) is 20.3. The Balaban J connectivity index is 2.33. The Labute approximate surface area is 165 Å².